The summed E-state index contributed by atoms with van der Waals surface area (Å²) in [7, 11) is 0. The maximum absolute atomic E-state index is 12.3. The number of hydrogen-bond donors (Lipinski definition) is 2. The molecule has 0 saturated heterocycles. The predicted molar refractivity (Wildman–Crippen MR) is 74.7 cm³/mol. The summed E-state index contributed by atoms with van der Waals surface area (Å²) in [5.74, 6) is -0.177. The number of halogens is 1. The van der Waals surface area contributed by atoms with Crippen molar-refractivity contribution >= 4 is 23.2 Å². The number of nitrogens with zero attached hydrogens (tertiary/aromatic N) is 1. The zero-order chi connectivity index (χ0) is 14.1. The Balaban J connectivity index is 2.98. The number of anilines is 1. The molecule has 0 aromatic carbocycles. The highest BCUT2D eigenvalue weighted by atomic mass is 35.5. The van der Waals surface area contributed by atoms with Crippen LogP contribution in [0.4, 0.5) is 5.69 Å². The summed E-state index contributed by atoms with van der Waals surface area (Å²) in [6, 6.07) is 1.78. The Bertz CT molecular complexity index is 464. The summed E-state index contributed by atoms with van der Waals surface area (Å²) in [4.78, 5) is 16.3. The Morgan fingerprint density at radius 1 is 1.39 bits per heavy atom. The molecule has 0 aliphatic heterocycles. The van der Waals surface area contributed by atoms with Gasteiger partial charge < -0.3 is 11.1 Å². The number of nitrogens with one attached hydrogen (secondary N) is 1. The Morgan fingerprint density at radius 3 is 2.44 bits per heavy atom. The largest absolute Gasteiger partial charge is 0.325 e. The first-order valence-electron chi connectivity index (χ1n) is 5.78. The lowest BCUT2D eigenvalue weighted by Crippen LogP contribution is -2.53. The minimum Gasteiger partial charge on any atom is -0.325 e. The molecule has 18 heavy (non-hydrogen) atoms. The summed E-state index contributed by atoms with van der Waals surface area (Å²) in [6.07, 6.45) is 1.65. The van der Waals surface area contributed by atoms with Gasteiger partial charge in [-0.3, -0.25) is 4.79 Å². The lowest BCUT2D eigenvalue weighted by molar-refractivity contribution is -0.126. The van der Waals surface area contributed by atoms with E-state index in [0.29, 0.717) is 5.69 Å². The minimum absolute atomic E-state index is 0.177. The van der Waals surface area contributed by atoms with Crippen LogP contribution in [0.5, 0.6) is 0 Å². The first-order chi connectivity index (χ1) is 8.05. The molecule has 0 radical (unpaired) electrons. The Morgan fingerprint density at radius 2 is 1.94 bits per heavy atom. The molecule has 0 unspecified atom stereocenters. The van der Waals surface area contributed by atoms with E-state index in [4.69, 9.17) is 17.3 Å². The molecular formula is C13H20ClN3O. The molecule has 5 heteroatoms. The average Bonchev–Trinajstić information content (AvgIpc) is 2.21. The van der Waals surface area contributed by atoms with E-state index in [2.05, 4.69) is 10.3 Å². The third kappa shape index (κ3) is 3.00. The van der Waals surface area contributed by atoms with Gasteiger partial charge in [-0.05, 0) is 46.2 Å². The molecule has 100 valence electrons. The third-order valence-corrected chi connectivity index (χ3v) is 3.70. The molecule has 1 heterocycles. The van der Waals surface area contributed by atoms with E-state index in [9.17, 15) is 4.79 Å². The fourth-order valence-electron chi connectivity index (χ4n) is 1.21. The Kier molecular flexibility index (Phi) is 4.03. The SMILES string of the molecule is Cc1cnc(Cl)c(NC(=O)C(C)(C)C(C)(C)N)c1. The maximum Gasteiger partial charge on any atom is 0.231 e. The predicted octanol–water partition coefficient (Wildman–Crippen LogP) is 2.75. The van der Waals surface area contributed by atoms with Crippen molar-refractivity contribution < 1.29 is 4.79 Å². The van der Waals surface area contributed by atoms with E-state index in [1.54, 1.807) is 26.1 Å². The molecule has 0 saturated carbocycles. The van der Waals surface area contributed by atoms with E-state index < -0.39 is 11.0 Å². The quantitative estimate of drug-likeness (QED) is 0.829. The molecule has 0 spiro atoms. The number of hydrogen-bond acceptors (Lipinski definition) is 3. The van der Waals surface area contributed by atoms with Crippen molar-refractivity contribution in [3.8, 4) is 0 Å². The summed E-state index contributed by atoms with van der Waals surface area (Å²) in [6.45, 7) is 9.14. The molecule has 1 rings (SSSR count). The van der Waals surface area contributed by atoms with Gasteiger partial charge >= 0.3 is 0 Å². The summed E-state index contributed by atoms with van der Waals surface area (Å²) >= 11 is 5.95. The number of amides is 1. The highest BCUT2D eigenvalue weighted by Gasteiger charge is 2.40. The van der Waals surface area contributed by atoms with Crippen molar-refractivity contribution in [2.75, 3.05) is 5.32 Å². The lowest BCUT2D eigenvalue weighted by atomic mass is 9.74. The van der Waals surface area contributed by atoms with Crippen LogP contribution < -0.4 is 11.1 Å². The van der Waals surface area contributed by atoms with E-state index >= 15 is 0 Å². The van der Waals surface area contributed by atoms with Gasteiger partial charge in [-0.15, -0.1) is 0 Å². The summed E-state index contributed by atoms with van der Waals surface area (Å²) < 4.78 is 0. The molecule has 0 fully saturated rings. The average molecular weight is 270 g/mol. The molecular weight excluding hydrogens is 250 g/mol. The van der Waals surface area contributed by atoms with Crippen LogP contribution in [-0.2, 0) is 4.79 Å². The second kappa shape index (κ2) is 4.86. The van der Waals surface area contributed by atoms with Crippen LogP contribution in [0.3, 0.4) is 0 Å². The molecule has 1 amide bonds. The molecule has 0 atom stereocenters. The molecule has 0 aliphatic carbocycles. The normalized spacial score (nSPS) is 12.4. The fourth-order valence-corrected chi connectivity index (χ4v) is 1.36. The summed E-state index contributed by atoms with van der Waals surface area (Å²) in [5, 5.41) is 3.06. The molecule has 1 aromatic rings. The van der Waals surface area contributed by atoms with Gasteiger partial charge in [0, 0.05) is 11.7 Å². The van der Waals surface area contributed by atoms with Crippen LogP contribution in [0.2, 0.25) is 5.15 Å². The number of rotatable bonds is 3. The van der Waals surface area contributed by atoms with E-state index in [0.717, 1.165) is 5.56 Å². The maximum atomic E-state index is 12.3. The molecule has 1 aromatic heterocycles. The van der Waals surface area contributed by atoms with E-state index in [-0.39, 0.29) is 11.1 Å². The van der Waals surface area contributed by atoms with Gasteiger partial charge in [-0.1, -0.05) is 11.6 Å². The van der Waals surface area contributed by atoms with Crippen LogP contribution in [-0.4, -0.2) is 16.4 Å². The number of aromatic nitrogens is 1. The van der Waals surface area contributed by atoms with Gasteiger partial charge in [-0.2, -0.15) is 0 Å². The zero-order valence-corrected chi connectivity index (χ0v) is 12.2. The first kappa shape index (κ1) is 14.9. The number of pyridine rings is 1. The highest BCUT2D eigenvalue weighted by molar-refractivity contribution is 6.32. The highest BCUT2D eigenvalue weighted by Crippen LogP contribution is 2.31. The van der Waals surface area contributed by atoms with Crippen molar-refractivity contribution in [1.82, 2.24) is 4.98 Å². The van der Waals surface area contributed by atoms with Gasteiger partial charge in [0.1, 0.15) is 0 Å². The van der Waals surface area contributed by atoms with Crippen molar-refractivity contribution in [2.24, 2.45) is 11.1 Å². The van der Waals surface area contributed by atoms with Gasteiger partial charge in [0.2, 0.25) is 5.91 Å². The van der Waals surface area contributed by atoms with Crippen LogP contribution in [0.15, 0.2) is 12.3 Å². The number of nitrogens with two attached hydrogens (primary N) is 1. The topological polar surface area (TPSA) is 68.0 Å². The van der Waals surface area contributed by atoms with Crippen LogP contribution in [0.1, 0.15) is 33.3 Å². The first-order valence-corrected chi connectivity index (χ1v) is 6.16. The lowest BCUT2D eigenvalue weighted by Gasteiger charge is -2.36. The third-order valence-electron chi connectivity index (χ3n) is 3.40. The van der Waals surface area contributed by atoms with Crippen LogP contribution in [0, 0.1) is 12.3 Å². The molecule has 4 nitrogen and oxygen atoms in total. The van der Waals surface area contributed by atoms with Crippen LogP contribution in [0.25, 0.3) is 0 Å². The Hall–Kier alpha value is -1.13. The van der Waals surface area contributed by atoms with Crippen molar-refractivity contribution in [3.05, 3.63) is 23.0 Å². The minimum atomic E-state index is -0.722. The molecule has 0 bridgehead atoms. The van der Waals surface area contributed by atoms with Crippen molar-refractivity contribution in [2.45, 2.75) is 40.2 Å². The van der Waals surface area contributed by atoms with Crippen molar-refractivity contribution in [3.63, 3.8) is 0 Å². The monoisotopic (exact) mass is 269 g/mol. The van der Waals surface area contributed by atoms with E-state index in [1.807, 2.05) is 20.8 Å². The molecule has 0 aliphatic rings. The smallest absolute Gasteiger partial charge is 0.231 e. The second-order valence-corrected chi connectivity index (χ2v) is 6.01. The van der Waals surface area contributed by atoms with Crippen molar-refractivity contribution in [1.29, 1.82) is 0 Å². The zero-order valence-electron chi connectivity index (χ0n) is 11.5. The number of aryl methyl sites for hydroxylation is 1. The van der Waals surface area contributed by atoms with Gasteiger partial charge in [0.05, 0.1) is 11.1 Å². The van der Waals surface area contributed by atoms with Gasteiger partial charge in [0.15, 0.2) is 5.15 Å². The van der Waals surface area contributed by atoms with E-state index in [1.165, 1.54) is 0 Å². The number of carbonyl (C=O) groups excluding carboxylic acids is 1. The Labute approximate surface area is 113 Å². The standard InChI is InChI=1S/C13H20ClN3O/c1-8-6-9(10(14)16-7-8)17-11(18)12(2,3)13(4,5)15/h6-7H,15H2,1-5H3,(H,17,18). The van der Waals surface area contributed by atoms with Gasteiger partial charge in [0.25, 0.3) is 0 Å². The van der Waals surface area contributed by atoms with Gasteiger partial charge in [-0.25, -0.2) is 4.98 Å². The fraction of sp³-hybridized carbons (Fsp3) is 0.538. The second-order valence-electron chi connectivity index (χ2n) is 5.65. The summed E-state index contributed by atoms with van der Waals surface area (Å²) in [5.41, 5.74) is 6.11. The van der Waals surface area contributed by atoms with Crippen LogP contribution >= 0.6 is 11.6 Å². The number of carbonyl (C=O) groups is 1. The molecule has 3 N–H and O–H groups in total.